The first-order valence-corrected chi connectivity index (χ1v) is 5.36. The molecule has 2 heteroatoms. The third-order valence-corrected chi connectivity index (χ3v) is 2.91. The number of para-hydroxylation sites is 1. The summed E-state index contributed by atoms with van der Waals surface area (Å²) >= 11 is 0. The zero-order valence-corrected chi connectivity index (χ0v) is 8.66. The maximum absolute atomic E-state index is 5.77. The van der Waals surface area contributed by atoms with Crippen molar-refractivity contribution in [1.82, 2.24) is 0 Å². The van der Waals surface area contributed by atoms with Gasteiger partial charge in [-0.15, -0.1) is 0 Å². The Hall–Kier alpha value is -1.02. The minimum atomic E-state index is 0.322. The van der Waals surface area contributed by atoms with Gasteiger partial charge in [-0.3, -0.25) is 0 Å². The summed E-state index contributed by atoms with van der Waals surface area (Å²) in [4.78, 5) is 0. The molecular formula is C12H18N2. The van der Waals surface area contributed by atoms with Gasteiger partial charge in [0.05, 0.1) is 0 Å². The molecule has 2 nitrogen and oxygen atoms in total. The molecule has 0 bridgehead atoms. The number of fused-ring (bicyclic) bond motifs is 1. The molecule has 76 valence electrons. The van der Waals surface area contributed by atoms with Gasteiger partial charge in [-0.2, -0.15) is 0 Å². The van der Waals surface area contributed by atoms with E-state index in [4.69, 9.17) is 5.73 Å². The summed E-state index contributed by atoms with van der Waals surface area (Å²) in [5.41, 5.74) is 8.54. The summed E-state index contributed by atoms with van der Waals surface area (Å²) in [6.45, 7) is 3.15. The van der Waals surface area contributed by atoms with Crippen LogP contribution in [-0.2, 0) is 0 Å². The Morgan fingerprint density at radius 1 is 1.50 bits per heavy atom. The van der Waals surface area contributed by atoms with Gasteiger partial charge in [0.25, 0.3) is 0 Å². The number of rotatable bonds is 3. The lowest BCUT2D eigenvalue weighted by Crippen LogP contribution is -2.16. The Kier molecular flexibility index (Phi) is 2.73. The van der Waals surface area contributed by atoms with Crippen LogP contribution in [0.3, 0.4) is 0 Å². The molecule has 0 aromatic heterocycles. The minimum absolute atomic E-state index is 0.322. The molecule has 0 amide bonds. The highest BCUT2D eigenvalue weighted by Gasteiger charge is 2.20. The summed E-state index contributed by atoms with van der Waals surface area (Å²) in [6.07, 6.45) is 2.31. The van der Waals surface area contributed by atoms with Crippen LogP contribution < -0.4 is 11.1 Å². The van der Waals surface area contributed by atoms with Crippen LogP contribution in [0, 0.1) is 0 Å². The fraction of sp³-hybridized carbons (Fsp3) is 0.500. The van der Waals surface area contributed by atoms with Crippen molar-refractivity contribution >= 4 is 5.69 Å². The maximum atomic E-state index is 5.77. The highest BCUT2D eigenvalue weighted by Crippen LogP contribution is 2.33. The van der Waals surface area contributed by atoms with Crippen LogP contribution in [0.25, 0.3) is 0 Å². The molecule has 0 aliphatic carbocycles. The molecule has 0 unspecified atom stereocenters. The summed E-state index contributed by atoms with van der Waals surface area (Å²) in [5.74, 6) is 0.664. The second-order valence-corrected chi connectivity index (χ2v) is 4.22. The van der Waals surface area contributed by atoms with Crippen molar-refractivity contribution in [2.45, 2.75) is 31.7 Å². The lowest BCUT2D eigenvalue weighted by atomic mass is 9.95. The zero-order valence-electron chi connectivity index (χ0n) is 8.66. The molecule has 0 saturated heterocycles. The van der Waals surface area contributed by atoms with Crippen molar-refractivity contribution in [2.24, 2.45) is 5.73 Å². The predicted octanol–water partition coefficient (Wildman–Crippen LogP) is 2.32. The Labute approximate surface area is 85.5 Å². The van der Waals surface area contributed by atoms with Crippen LogP contribution in [0.1, 0.15) is 31.2 Å². The highest BCUT2D eigenvalue weighted by atomic mass is 14.9. The van der Waals surface area contributed by atoms with E-state index < -0.39 is 0 Å². The molecule has 3 N–H and O–H groups in total. The number of anilines is 1. The van der Waals surface area contributed by atoms with Crippen LogP contribution in [0.4, 0.5) is 5.69 Å². The molecule has 0 spiro atoms. The Bertz CT molecular complexity index is 307. The van der Waals surface area contributed by atoms with Crippen LogP contribution in [0.15, 0.2) is 24.3 Å². The third-order valence-electron chi connectivity index (χ3n) is 2.91. The molecular weight excluding hydrogens is 172 g/mol. The summed E-state index contributed by atoms with van der Waals surface area (Å²) in [5, 5.41) is 3.43. The summed E-state index contributed by atoms with van der Waals surface area (Å²) < 4.78 is 0. The molecule has 0 fully saturated rings. The maximum Gasteiger partial charge on any atom is 0.0376 e. The van der Waals surface area contributed by atoms with Gasteiger partial charge >= 0.3 is 0 Å². The Morgan fingerprint density at radius 3 is 3.07 bits per heavy atom. The van der Waals surface area contributed by atoms with Gasteiger partial charge in [0.15, 0.2) is 0 Å². The predicted molar refractivity (Wildman–Crippen MR) is 60.6 cm³/mol. The molecule has 14 heavy (non-hydrogen) atoms. The smallest absolute Gasteiger partial charge is 0.0376 e. The van der Waals surface area contributed by atoms with E-state index in [0.717, 1.165) is 13.0 Å². The highest BCUT2D eigenvalue weighted by molar-refractivity contribution is 5.57. The van der Waals surface area contributed by atoms with Crippen molar-refractivity contribution in [3.63, 3.8) is 0 Å². The third kappa shape index (κ3) is 1.90. The second-order valence-electron chi connectivity index (χ2n) is 4.22. The SMILES string of the molecule is C[C@H](N)CC[C@@H]1CNc2ccccc21. The molecule has 0 saturated carbocycles. The van der Waals surface area contributed by atoms with Gasteiger partial charge in [0.1, 0.15) is 0 Å². The molecule has 2 rings (SSSR count). The first kappa shape index (κ1) is 9.53. The van der Waals surface area contributed by atoms with Gasteiger partial charge in [0, 0.05) is 24.2 Å². The van der Waals surface area contributed by atoms with Crippen molar-refractivity contribution in [3.05, 3.63) is 29.8 Å². The molecule has 2 atom stereocenters. The second kappa shape index (κ2) is 4.01. The van der Waals surface area contributed by atoms with Crippen molar-refractivity contribution < 1.29 is 0 Å². The molecule has 1 aromatic carbocycles. The Balaban J connectivity index is 2.03. The average Bonchev–Trinajstić information content (AvgIpc) is 2.58. The molecule has 1 aliphatic heterocycles. The van der Waals surface area contributed by atoms with Gasteiger partial charge in [-0.1, -0.05) is 18.2 Å². The van der Waals surface area contributed by atoms with E-state index in [1.807, 2.05) is 0 Å². The van der Waals surface area contributed by atoms with Crippen LogP contribution in [0.2, 0.25) is 0 Å². The number of hydrogen-bond donors (Lipinski definition) is 2. The zero-order chi connectivity index (χ0) is 9.97. The normalized spacial score (nSPS) is 21.4. The molecule has 1 heterocycles. The molecule has 0 radical (unpaired) electrons. The standard InChI is InChI=1S/C12H18N2/c1-9(13)6-7-10-8-14-12-5-3-2-4-11(10)12/h2-5,9-10,14H,6-8,13H2,1H3/t9-,10+/m0/s1. The van der Waals surface area contributed by atoms with Crippen LogP contribution in [-0.4, -0.2) is 12.6 Å². The largest absolute Gasteiger partial charge is 0.384 e. The number of nitrogens with one attached hydrogen (secondary N) is 1. The first-order chi connectivity index (χ1) is 6.77. The molecule has 1 aliphatic rings. The van der Waals surface area contributed by atoms with E-state index >= 15 is 0 Å². The van der Waals surface area contributed by atoms with Gasteiger partial charge in [-0.05, 0) is 31.4 Å². The van der Waals surface area contributed by atoms with E-state index in [9.17, 15) is 0 Å². The van der Waals surface area contributed by atoms with E-state index in [-0.39, 0.29) is 0 Å². The summed E-state index contributed by atoms with van der Waals surface area (Å²) in [6, 6.07) is 8.90. The monoisotopic (exact) mass is 190 g/mol. The van der Waals surface area contributed by atoms with Crippen LogP contribution in [0.5, 0.6) is 0 Å². The lowest BCUT2D eigenvalue weighted by Gasteiger charge is -2.11. The van der Waals surface area contributed by atoms with Gasteiger partial charge < -0.3 is 11.1 Å². The van der Waals surface area contributed by atoms with E-state index in [0.29, 0.717) is 12.0 Å². The van der Waals surface area contributed by atoms with Crippen molar-refractivity contribution in [2.75, 3.05) is 11.9 Å². The molecule has 1 aromatic rings. The summed E-state index contributed by atoms with van der Waals surface area (Å²) in [7, 11) is 0. The van der Waals surface area contributed by atoms with Crippen molar-refractivity contribution in [3.8, 4) is 0 Å². The Morgan fingerprint density at radius 2 is 2.29 bits per heavy atom. The number of benzene rings is 1. The topological polar surface area (TPSA) is 38.0 Å². The van der Waals surface area contributed by atoms with Gasteiger partial charge in [-0.25, -0.2) is 0 Å². The average molecular weight is 190 g/mol. The van der Waals surface area contributed by atoms with Gasteiger partial charge in [0.2, 0.25) is 0 Å². The lowest BCUT2D eigenvalue weighted by molar-refractivity contribution is 0.567. The van der Waals surface area contributed by atoms with E-state index in [2.05, 4.69) is 36.5 Å². The number of hydrogen-bond acceptors (Lipinski definition) is 2. The van der Waals surface area contributed by atoms with Crippen LogP contribution >= 0.6 is 0 Å². The minimum Gasteiger partial charge on any atom is -0.384 e. The first-order valence-electron chi connectivity index (χ1n) is 5.36. The quantitative estimate of drug-likeness (QED) is 0.767. The van der Waals surface area contributed by atoms with E-state index in [1.54, 1.807) is 0 Å². The number of nitrogens with two attached hydrogens (primary N) is 1. The fourth-order valence-electron chi connectivity index (χ4n) is 2.08. The van der Waals surface area contributed by atoms with Crippen molar-refractivity contribution in [1.29, 1.82) is 0 Å². The van der Waals surface area contributed by atoms with E-state index in [1.165, 1.54) is 17.7 Å². The fourth-order valence-corrected chi connectivity index (χ4v) is 2.08.